The van der Waals surface area contributed by atoms with E-state index >= 15 is 0 Å². The van der Waals surface area contributed by atoms with Crippen molar-refractivity contribution in [1.82, 2.24) is 19.6 Å². The van der Waals surface area contributed by atoms with Crippen molar-refractivity contribution in [3.05, 3.63) is 93.0 Å². The highest BCUT2D eigenvalue weighted by molar-refractivity contribution is 5.85. The Morgan fingerprint density at radius 2 is 0.732 bits per heavy atom. The molecule has 0 bridgehead atoms. The SMILES string of the molecule is COc1cc2c(cc1OC)CC(=O)N(CCCN(C)C[C@H]1Cc3cc(OC)c(OC)cc31)CC2.COc1cc2c(cc1OC)CC(=O)N(CCCN(C)C[C@H]1Cc3cc(OC)c(OC)cc31)CC2.Cl.Cl.O. The average Bonchev–Trinajstić information content (AvgIpc) is 3.59. The van der Waals surface area contributed by atoms with E-state index in [0.717, 1.165) is 137 Å². The summed E-state index contributed by atoms with van der Waals surface area (Å²) in [6.07, 6.45) is 6.54. The zero-order valence-corrected chi connectivity index (χ0v) is 44.9. The Hall–Kier alpha value is -5.32. The highest BCUT2D eigenvalue weighted by Crippen LogP contribution is 2.44. The van der Waals surface area contributed by atoms with E-state index < -0.39 is 0 Å². The highest BCUT2D eigenvalue weighted by Gasteiger charge is 2.31. The Balaban J connectivity index is 0.000000296. The van der Waals surface area contributed by atoms with Gasteiger partial charge in [-0.3, -0.25) is 9.59 Å². The first-order valence-corrected chi connectivity index (χ1v) is 23.8. The molecule has 2 atom stereocenters. The van der Waals surface area contributed by atoms with Crippen molar-refractivity contribution in [1.29, 1.82) is 0 Å². The zero-order valence-electron chi connectivity index (χ0n) is 43.3. The van der Waals surface area contributed by atoms with Gasteiger partial charge in [-0.25, -0.2) is 0 Å². The van der Waals surface area contributed by atoms with Gasteiger partial charge < -0.3 is 63.0 Å². The van der Waals surface area contributed by atoms with E-state index in [9.17, 15) is 9.59 Å². The van der Waals surface area contributed by atoms with Crippen LogP contribution >= 0.6 is 24.8 Å². The lowest BCUT2D eigenvalue weighted by molar-refractivity contribution is -0.131. The number of fused-ring (bicyclic) bond motifs is 4. The maximum Gasteiger partial charge on any atom is 0.227 e. The number of carbonyl (C=O) groups is 2. The first-order valence-electron chi connectivity index (χ1n) is 23.8. The molecule has 0 aromatic heterocycles. The second-order valence-electron chi connectivity index (χ2n) is 18.4. The normalized spacial score (nSPS) is 16.2. The van der Waals surface area contributed by atoms with Crippen molar-refractivity contribution in [3.63, 3.8) is 0 Å². The molecule has 2 aliphatic carbocycles. The third-order valence-electron chi connectivity index (χ3n) is 14.2. The summed E-state index contributed by atoms with van der Waals surface area (Å²) in [7, 11) is 17.6. The minimum atomic E-state index is 0. The number of hydrogen-bond donors (Lipinski definition) is 0. The number of hydrogen-bond acceptors (Lipinski definition) is 12. The quantitative estimate of drug-likeness (QED) is 0.0934. The van der Waals surface area contributed by atoms with Gasteiger partial charge in [0.15, 0.2) is 46.0 Å². The minimum absolute atomic E-state index is 0. The van der Waals surface area contributed by atoms with Crippen molar-refractivity contribution >= 4 is 36.6 Å². The molecule has 0 radical (unpaired) electrons. The summed E-state index contributed by atoms with van der Waals surface area (Å²) in [6.45, 7) is 6.94. The van der Waals surface area contributed by atoms with Gasteiger partial charge in [-0.15, -0.1) is 24.8 Å². The number of ether oxygens (including phenoxy) is 8. The first-order chi connectivity index (χ1) is 32.9. The van der Waals surface area contributed by atoms with Crippen LogP contribution < -0.4 is 37.9 Å². The van der Waals surface area contributed by atoms with Crippen LogP contribution in [0.1, 0.15) is 69.2 Å². The molecule has 2 N–H and O–H groups in total. The van der Waals surface area contributed by atoms with E-state index in [0.29, 0.717) is 36.2 Å². The fraction of sp³-hybridized carbons (Fsp3) is 0.519. The third kappa shape index (κ3) is 13.6. The molecule has 2 aliphatic heterocycles. The first kappa shape index (κ1) is 58.3. The molecule has 0 fully saturated rings. The molecule has 0 spiro atoms. The number of likely N-dealkylation sites (N-methyl/N-ethyl adjacent to an activating group) is 2. The molecule has 4 aromatic rings. The largest absolute Gasteiger partial charge is 0.493 e. The van der Waals surface area contributed by atoms with Gasteiger partial charge in [0.2, 0.25) is 11.8 Å². The fourth-order valence-electron chi connectivity index (χ4n) is 10.3. The second-order valence-corrected chi connectivity index (χ2v) is 18.4. The number of rotatable bonds is 20. The van der Waals surface area contributed by atoms with Crippen LogP contribution in [0.2, 0.25) is 0 Å². The van der Waals surface area contributed by atoms with Gasteiger partial charge in [-0.2, -0.15) is 0 Å². The van der Waals surface area contributed by atoms with E-state index in [-0.39, 0.29) is 42.1 Å². The Morgan fingerprint density at radius 3 is 1.04 bits per heavy atom. The predicted molar refractivity (Wildman–Crippen MR) is 281 cm³/mol. The maximum absolute atomic E-state index is 12.9. The molecule has 15 nitrogen and oxygen atoms in total. The van der Waals surface area contributed by atoms with Crippen molar-refractivity contribution in [2.75, 3.05) is 123 Å². The monoisotopic (exact) mass is 1030 g/mol. The molecule has 0 unspecified atom stereocenters. The topological polar surface area (TPSA) is 152 Å². The molecule has 2 heterocycles. The summed E-state index contributed by atoms with van der Waals surface area (Å²) in [5, 5.41) is 0. The molecule has 0 saturated heterocycles. The van der Waals surface area contributed by atoms with Crippen LogP contribution in [0.25, 0.3) is 0 Å². The molecule has 2 amide bonds. The maximum atomic E-state index is 12.9. The van der Waals surface area contributed by atoms with Gasteiger partial charge in [0.05, 0.1) is 69.7 Å². The fourth-order valence-corrected chi connectivity index (χ4v) is 10.3. The lowest BCUT2D eigenvalue weighted by Gasteiger charge is -2.34. The van der Waals surface area contributed by atoms with E-state index in [1.807, 2.05) is 34.1 Å². The number of carbonyl (C=O) groups excluding carboxylic acids is 2. The van der Waals surface area contributed by atoms with Crippen molar-refractivity contribution in [2.45, 2.75) is 63.2 Å². The summed E-state index contributed by atoms with van der Waals surface area (Å²) < 4.78 is 43.5. The van der Waals surface area contributed by atoms with Crippen molar-refractivity contribution in [3.8, 4) is 46.0 Å². The van der Waals surface area contributed by atoms with Crippen LogP contribution in [-0.2, 0) is 48.1 Å². The second kappa shape index (κ2) is 26.9. The molecule has 8 rings (SSSR count). The highest BCUT2D eigenvalue weighted by atomic mass is 35.5. The zero-order chi connectivity index (χ0) is 48.5. The summed E-state index contributed by atoms with van der Waals surface area (Å²) in [4.78, 5) is 34.6. The molecule has 17 heteroatoms. The Morgan fingerprint density at radius 1 is 0.451 bits per heavy atom. The molecular formula is C54H76Cl2N4O11. The summed E-state index contributed by atoms with van der Waals surface area (Å²) >= 11 is 0. The van der Waals surface area contributed by atoms with Crippen molar-refractivity contribution < 1.29 is 53.0 Å². The molecule has 4 aromatic carbocycles. The molecule has 392 valence electrons. The van der Waals surface area contributed by atoms with Crippen molar-refractivity contribution in [2.24, 2.45) is 0 Å². The summed E-state index contributed by atoms with van der Waals surface area (Å²) in [5.41, 5.74) is 9.82. The molecule has 0 saturated carbocycles. The van der Waals surface area contributed by atoms with Gasteiger partial charge in [-0.05, 0) is 159 Å². The lowest BCUT2D eigenvalue weighted by atomic mass is 9.77. The van der Waals surface area contributed by atoms with Crippen LogP contribution in [0.15, 0.2) is 48.5 Å². The van der Waals surface area contributed by atoms with E-state index in [1.54, 1.807) is 56.9 Å². The smallest absolute Gasteiger partial charge is 0.227 e. The number of benzene rings is 4. The number of amides is 2. The van der Waals surface area contributed by atoms with Crippen LogP contribution in [0.3, 0.4) is 0 Å². The predicted octanol–water partition coefficient (Wildman–Crippen LogP) is 6.64. The van der Waals surface area contributed by atoms with Gasteiger partial charge >= 0.3 is 0 Å². The standard InChI is InChI=1S/2C27H36N2O5.2ClH.H2O/c2*1-28(17-21-11-20-14-25(33-4)26(34-5)16-22(20)21)8-6-9-29-10-7-18-12-23(31-2)24(32-3)13-19(18)15-27(29)30;;;/h2*12-14,16,21H,6-11,15,17H2,1-5H3;2*1H;1H2/t2*21-;;;/m11.../s1. The van der Waals surface area contributed by atoms with Gasteiger partial charge in [0.25, 0.3) is 0 Å². The van der Waals surface area contributed by atoms with Gasteiger partial charge in [0, 0.05) is 51.1 Å². The average molecular weight is 1030 g/mol. The molecule has 4 aliphatic rings. The van der Waals surface area contributed by atoms with E-state index in [2.05, 4.69) is 48.2 Å². The Bertz CT molecular complexity index is 2260. The minimum Gasteiger partial charge on any atom is -0.493 e. The van der Waals surface area contributed by atoms with Gasteiger partial charge in [-0.1, -0.05) is 0 Å². The molecule has 71 heavy (non-hydrogen) atoms. The molecular weight excluding hydrogens is 952 g/mol. The number of halogens is 2. The summed E-state index contributed by atoms with van der Waals surface area (Å²) in [5.74, 6) is 7.38. The van der Waals surface area contributed by atoms with Crippen LogP contribution in [-0.4, -0.2) is 160 Å². The summed E-state index contributed by atoms with van der Waals surface area (Å²) in [6, 6.07) is 16.4. The van der Waals surface area contributed by atoms with Gasteiger partial charge in [0.1, 0.15) is 0 Å². The Labute approximate surface area is 433 Å². The van der Waals surface area contributed by atoms with Crippen LogP contribution in [0.4, 0.5) is 0 Å². The van der Waals surface area contributed by atoms with Crippen LogP contribution in [0, 0.1) is 0 Å². The van der Waals surface area contributed by atoms with E-state index in [4.69, 9.17) is 37.9 Å². The Kier molecular flexibility index (Phi) is 22.1. The number of nitrogens with zero attached hydrogens (tertiary/aromatic N) is 4. The van der Waals surface area contributed by atoms with E-state index in [1.165, 1.54) is 33.4 Å². The third-order valence-corrected chi connectivity index (χ3v) is 14.2. The van der Waals surface area contributed by atoms with Crippen LogP contribution in [0.5, 0.6) is 46.0 Å². The number of methoxy groups -OCH3 is 8. The lowest BCUT2D eigenvalue weighted by Crippen LogP contribution is -2.36.